The molecule has 2 N–H and O–H groups in total. The second kappa shape index (κ2) is 9.59. The van der Waals surface area contributed by atoms with Crippen LogP contribution in [0.15, 0.2) is 33.9 Å². The average Bonchev–Trinajstić information content (AvgIpc) is 2.68. The average molecular weight is 386 g/mol. The third-order valence-corrected chi connectivity index (χ3v) is 5.02. The fourth-order valence-electron chi connectivity index (χ4n) is 3.67. The van der Waals surface area contributed by atoms with Gasteiger partial charge in [-0.25, -0.2) is 0 Å². The molecule has 0 amide bonds. The molecule has 0 unspecified atom stereocenters. The van der Waals surface area contributed by atoms with E-state index >= 15 is 0 Å². The molecule has 28 heavy (non-hydrogen) atoms. The maximum absolute atomic E-state index is 11.3. The van der Waals surface area contributed by atoms with Gasteiger partial charge >= 0.3 is 0 Å². The van der Waals surface area contributed by atoms with Crippen LogP contribution in [-0.2, 0) is 4.74 Å². The van der Waals surface area contributed by atoms with Crippen molar-refractivity contribution in [3.63, 3.8) is 0 Å². The summed E-state index contributed by atoms with van der Waals surface area (Å²) in [6.07, 6.45) is 3.80. The van der Waals surface area contributed by atoms with E-state index in [-0.39, 0.29) is 11.1 Å². The number of hydrogen-bond acceptors (Lipinski definition) is 5. The Balaban J connectivity index is 0.000000161. The molecule has 152 valence electrons. The van der Waals surface area contributed by atoms with Crippen molar-refractivity contribution in [3.8, 4) is 0 Å². The molecule has 0 aliphatic carbocycles. The minimum Gasteiger partial charge on any atom is -0.378 e. The summed E-state index contributed by atoms with van der Waals surface area (Å²) >= 11 is 0. The number of aromatic amines is 2. The van der Waals surface area contributed by atoms with Gasteiger partial charge in [0.25, 0.3) is 0 Å². The van der Waals surface area contributed by atoms with Gasteiger partial charge in [-0.15, -0.1) is 0 Å². The molecule has 0 bridgehead atoms. The molecule has 2 fully saturated rings. The summed E-state index contributed by atoms with van der Waals surface area (Å²) in [5.41, 5.74) is 3.88. The van der Waals surface area contributed by atoms with E-state index in [2.05, 4.69) is 19.8 Å². The van der Waals surface area contributed by atoms with Crippen molar-refractivity contribution in [1.82, 2.24) is 9.97 Å². The van der Waals surface area contributed by atoms with Crippen LogP contribution in [0.2, 0.25) is 0 Å². The Labute approximate surface area is 165 Å². The summed E-state index contributed by atoms with van der Waals surface area (Å²) in [6, 6.07) is 7.37. The predicted molar refractivity (Wildman–Crippen MR) is 113 cm³/mol. The van der Waals surface area contributed by atoms with Crippen molar-refractivity contribution in [3.05, 3.63) is 56.4 Å². The van der Waals surface area contributed by atoms with Gasteiger partial charge in [-0.3, -0.25) is 9.59 Å². The lowest BCUT2D eigenvalue weighted by molar-refractivity contribution is 0.122. The van der Waals surface area contributed by atoms with Gasteiger partial charge in [-0.2, -0.15) is 0 Å². The fourth-order valence-corrected chi connectivity index (χ4v) is 3.67. The third kappa shape index (κ3) is 5.73. The van der Waals surface area contributed by atoms with Crippen LogP contribution >= 0.6 is 0 Å². The summed E-state index contributed by atoms with van der Waals surface area (Å²) in [5, 5.41) is 0. The maximum atomic E-state index is 11.3. The maximum Gasteiger partial charge on any atom is 0.250 e. The lowest BCUT2D eigenvalue weighted by Crippen LogP contribution is -2.36. The smallest absolute Gasteiger partial charge is 0.250 e. The van der Waals surface area contributed by atoms with Crippen molar-refractivity contribution in [2.75, 3.05) is 49.2 Å². The number of aryl methyl sites for hydroxylation is 2. The van der Waals surface area contributed by atoms with Crippen LogP contribution in [0.3, 0.4) is 0 Å². The summed E-state index contributed by atoms with van der Waals surface area (Å²) < 4.78 is 5.25. The third-order valence-electron chi connectivity index (χ3n) is 5.02. The molecule has 2 aromatic heterocycles. The fraction of sp³-hybridized carbons (Fsp3) is 0.524. The summed E-state index contributed by atoms with van der Waals surface area (Å²) in [5.74, 6) is 0. The van der Waals surface area contributed by atoms with Crippen LogP contribution < -0.4 is 20.9 Å². The Morgan fingerprint density at radius 2 is 1.18 bits per heavy atom. The topological polar surface area (TPSA) is 81.4 Å². The highest BCUT2D eigenvalue weighted by molar-refractivity contribution is 5.47. The Morgan fingerprint density at radius 3 is 1.64 bits per heavy atom. The van der Waals surface area contributed by atoms with E-state index in [0.29, 0.717) is 0 Å². The van der Waals surface area contributed by atoms with Crippen molar-refractivity contribution < 1.29 is 4.74 Å². The molecule has 0 radical (unpaired) electrons. The quantitative estimate of drug-likeness (QED) is 0.827. The van der Waals surface area contributed by atoms with Crippen LogP contribution in [0.1, 0.15) is 30.7 Å². The molecule has 2 aliphatic heterocycles. The van der Waals surface area contributed by atoms with E-state index in [9.17, 15) is 9.59 Å². The molecule has 2 aliphatic rings. The van der Waals surface area contributed by atoms with Crippen LogP contribution in [0.4, 0.5) is 11.4 Å². The van der Waals surface area contributed by atoms with Crippen molar-refractivity contribution in [2.24, 2.45) is 0 Å². The number of H-pyrrole nitrogens is 2. The zero-order chi connectivity index (χ0) is 19.9. The Morgan fingerprint density at radius 1 is 0.714 bits per heavy atom. The van der Waals surface area contributed by atoms with Crippen LogP contribution in [0.5, 0.6) is 0 Å². The van der Waals surface area contributed by atoms with Gasteiger partial charge in [0, 0.05) is 61.1 Å². The lowest BCUT2D eigenvalue weighted by Gasteiger charge is -2.28. The molecule has 7 nitrogen and oxygen atoms in total. The lowest BCUT2D eigenvalue weighted by atomic mass is 10.1. The second-order valence-electron chi connectivity index (χ2n) is 7.42. The number of piperidine rings is 1. The van der Waals surface area contributed by atoms with Gasteiger partial charge < -0.3 is 24.5 Å². The van der Waals surface area contributed by atoms with E-state index in [1.54, 1.807) is 12.1 Å². The van der Waals surface area contributed by atoms with Crippen LogP contribution in [-0.4, -0.2) is 49.4 Å². The first-order valence-electron chi connectivity index (χ1n) is 10.0. The number of hydrogen-bond donors (Lipinski definition) is 2. The minimum absolute atomic E-state index is 0.00516. The van der Waals surface area contributed by atoms with Crippen molar-refractivity contribution in [2.45, 2.75) is 33.1 Å². The number of pyridine rings is 2. The zero-order valence-corrected chi connectivity index (χ0v) is 16.8. The van der Waals surface area contributed by atoms with Gasteiger partial charge in [0.15, 0.2) is 0 Å². The SMILES string of the molecule is Cc1cc(N2CCCCC2)cc(=O)[nH]1.Cc1cc(N2CCOCC2)cc(=O)[nH]1. The Bertz CT molecular complexity index is 804. The monoisotopic (exact) mass is 386 g/mol. The first kappa shape index (κ1) is 20.2. The summed E-state index contributed by atoms with van der Waals surface area (Å²) in [6.45, 7) is 9.20. The first-order chi connectivity index (χ1) is 13.5. The van der Waals surface area contributed by atoms with Gasteiger partial charge in [-0.05, 0) is 45.2 Å². The minimum atomic E-state index is -0.0357. The molecule has 0 saturated carbocycles. The van der Waals surface area contributed by atoms with E-state index in [0.717, 1.165) is 62.2 Å². The normalized spacial score (nSPS) is 17.1. The zero-order valence-electron chi connectivity index (χ0n) is 16.8. The molecule has 4 rings (SSSR count). The molecule has 0 aromatic carbocycles. The summed E-state index contributed by atoms with van der Waals surface area (Å²) in [7, 11) is 0. The van der Waals surface area contributed by atoms with Crippen molar-refractivity contribution in [1.29, 1.82) is 0 Å². The summed E-state index contributed by atoms with van der Waals surface area (Å²) in [4.78, 5) is 32.5. The first-order valence-corrected chi connectivity index (χ1v) is 10.0. The highest BCUT2D eigenvalue weighted by Gasteiger charge is 2.12. The molecule has 0 atom stereocenters. The number of anilines is 2. The van der Waals surface area contributed by atoms with Gasteiger partial charge in [-0.1, -0.05) is 0 Å². The van der Waals surface area contributed by atoms with Gasteiger partial charge in [0.05, 0.1) is 13.2 Å². The molecule has 2 aromatic rings. The van der Waals surface area contributed by atoms with Gasteiger partial charge in [0.1, 0.15) is 0 Å². The van der Waals surface area contributed by atoms with Crippen LogP contribution in [0, 0.1) is 13.8 Å². The predicted octanol–water partition coefficient (Wildman–Crippen LogP) is 2.19. The largest absolute Gasteiger partial charge is 0.378 e. The molecule has 2 saturated heterocycles. The highest BCUT2D eigenvalue weighted by Crippen LogP contribution is 2.18. The number of aromatic nitrogens is 2. The Hall–Kier alpha value is -2.54. The number of morpholine rings is 1. The molecular weight excluding hydrogens is 356 g/mol. The standard InChI is InChI=1S/C11H16N2O.C10H14N2O2/c1-9-7-10(8-11(14)12-9)13-5-3-2-4-6-13;1-8-6-9(7-10(13)11-8)12-2-4-14-5-3-12/h7-8H,2-6H2,1H3,(H,12,14);6-7H,2-5H2,1H3,(H,11,13). The van der Waals surface area contributed by atoms with E-state index in [1.807, 2.05) is 26.0 Å². The van der Waals surface area contributed by atoms with Crippen LogP contribution in [0.25, 0.3) is 0 Å². The molecular formula is C21H30N4O3. The Kier molecular flexibility index (Phi) is 6.92. The molecule has 7 heteroatoms. The number of nitrogens with zero attached hydrogens (tertiary/aromatic N) is 2. The van der Waals surface area contributed by atoms with Gasteiger partial charge in [0.2, 0.25) is 11.1 Å². The highest BCUT2D eigenvalue weighted by atomic mass is 16.5. The number of rotatable bonds is 2. The second-order valence-corrected chi connectivity index (χ2v) is 7.42. The van der Waals surface area contributed by atoms with E-state index < -0.39 is 0 Å². The molecule has 0 spiro atoms. The van der Waals surface area contributed by atoms with E-state index in [4.69, 9.17) is 4.74 Å². The van der Waals surface area contributed by atoms with E-state index in [1.165, 1.54) is 19.3 Å². The number of nitrogens with one attached hydrogen (secondary N) is 2. The molecule has 4 heterocycles. The number of ether oxygens (including phenoxy) is 1. The van der Waals surface area contributed by atoms with Crippen molar-refractivity contribution >= 4 is 11.4 Å².